The fourth-order valence-corrected chi connectivity index (χ4v) is 1.67. The maximum Gasteiger partial charge on any atom is 0.338 e. The van der Waals surface area contributed by atoms with Crippen LogP contribution in [0.4, 0.5) is 8.78 Å². The van der Waals surface area contributed by atoms with Gasteiger partial charge in [-0.2, -0.15) is 0 Å². The van der Waals surface area contributed by atoms with Crippen LogP contribution < -0.4 is 0 Å². The Kier molecular flexibility index (Phi) is 3.90. The number of hydrogen-bond acceptors (Lipinski definition) is 2. The fraction of sp³-hybridized carbons (Fsp3) is 0.133. The lowest BCUT2D eigenvalue weighted by Gasteiger charge is -2.08. The van der Waals surface area contributed by atoms with Gasteiger partial charge in [-0.3, -0.25) is 0 Å². The molecular weight excluding hydrogens is 250 g/mol. The maximum atomic E-state index is 13.3. The summed E-state index contributed by atoms with van der Waals surface area (Å²) in [6.07, 6.45) is 0. The molecule has 0 aliphatic heterocycles. The van der Waals surface area contributed by atoms with Crippen LogP contribution in [0.15, 0.2) is 42.5 Å². The average Bonchev–Trinajstić information content (AvgIpc) is 2.43. The quantitative estimate of drug-likeness (QED) is 0.789. The van der Waals surface area contributed by atoms with Crippen LogP contribution in [0.2, 0.25) is 0 Å². The number of carbonyl (C=O) groups excluding carboxylic acids is 1. The zero-order valence-electron chi connectivity index (χ0n) is 10.3. The Morgan fingerprint density at radius 2 is 1.79 bits per heavy atom. The summed E-state index contributed by atoms with van der Waals surface area (Å²) in [5.74, 6) is -2.66. The van der Waals surface area contributed by atoms with E-state index in [4.69, 9.17) is 4.74 Å². The van der Waals surface area contributed by atoms with E-state index >= 15 is 0 Å². The Morgan fingerprint density at radius 1 is 1.11 bits per heavy atom. The van der Waals surface area contributed by atoms with Gasteiger partial charge in [-0.25, -0.2) is 13.6 Å². The van der Waals surface area contributed by atoms with Crippen LogP contribution in [0.3, 0.4) is 0 Å². The van der Waals surface area contributed by atoms with Crippen molar-refractivity contribution in [3.05, 3.63) is 70.8 Å². The van der Waals surface area contributed by atoms with Crippen molar-refractivity contribution in [2.75, 3.05) is 0 Å². The summed E-state index contributed by atoms with van der Waals surface area (Å²) in [6, 6.07) is 11.3. The zero-order valence-corrected chi connectivity index (χ0v) is 10.3. The molecule has 0 atom stereocenters. The first-order chi connectivity index (χ1) is 9.09. The third kappa shape index (κ3) is 2.96. The molecule has 0 fully saturated rings. The largest absolute Gasteiger partial charge is 0.457 e. The molecule has 0 amide bonds. The van der Waals surface area contributed by atoms with Crippen molar-refractivity contribution in [2.24, 2.45) is 0 Å². The van der Waals surface area contributed by atoms with Crippen molar-refractivity contribution in [3.8, 4) is 0 Å². The number of rotatable bonds is 3. The molecule has 0 bridgehead atoms. The van der Waals surface area contributed by atoms with Gasteiger partial charge in [0.1, 0.15) is 6.61 Å². The second-order valence-electron chi connectivity index (χ2n) is 4.10. The number of ether oxygens (including phenoxy) is 1. The Bertz CT molecular complexity index is 595. The molecule has 19 heavy (non-hydrogen) atoms. The molecule has 98 valence electrons. The van der Waals surface area contributed by atoms with Crippen molar-refractivity contribution in [1.82, 2.24) is 0 Å². The lowest BCUT2D eigenvalue weighted by molar-refractivity contribution is 0.0471. The molecule has 0 unspecified atom stereocenters. The van der Waals surface area contributed by atoms with Gasteiger partial charge in [0.25, 0.3) is 0 Å². The predicted molar refractivity (Wildman–Crippen MR) is 66.7 cm³/mol. The van der Waals surface area contributed by atoms with Gasteiger partial charge in [0.15, 0.2) is 11.6 Å². The van der Waals surface area contributed by atoms with E-state index in [2.05, 4.69) is 0 Å². The summed E-state index contributed by atoms with van der Waals surface area (Å²) >= 11 is 0. The first-order valence-electron chi connectivity index (χ1n) is 5.75. The average molecular weight is 262 g/mol. The summed E-state index contributed by atoms with van der Waals surface area (Å²) in [5.41, 5.74) is 0.823. The number of esters is 1. The van der Waals surface area contributed by atoms with Gasteiger partial charge in [0, 0.05) is 5.56 Å². The number of carbonyl (C=O) groups is 1. The molecule has 0 saturated heterocycles. The zero-order chi connectivity index (χ0) is 13.8. The van der Waals surface area contributed by atoms with E-state index in [9.17, 15) is 13.6 Å². The van der Waals surface area contributed by atoms with Crippen LogP contribution in [0.1, 0.15) is 21.5 Å². The normalized spacial score (nSPS) is 10.3. The minimum absolute atomic E-state index is 0.0369. The van der Waals surface area contributed by atoms with E-state index in [-0.39, 0.29) is 17.7 Å². The van der Waals surface area contributed by atoms with Crippen LogP contribution >= 0.6 is 0 Å². The second kappa shape index (κ2) is 5.61. The maximum absolute atomic E-state index is 13.3. The van der Waals surface area contributed by atoms with Crippen LogP contribution in [0.5, 0.6) is 0 Å². The highest BCUT2D eigenvalue weighted by Crippen LogP contribution is 2.17. The molecule has 0 radical (unpaired) electrons. The number of benzene rings is 2. The van der Waals surface area contributed by atoms with E-state index in [1.807, 2.05) is 30.3 Å². The van der Waals surface area contributed by atoms with E-state index in [1.54, 1.807) is 0 Å². The monoisotopic (exact) mass is 262 g/mol. The SMILES string of the molecule is Cc1c(C(=O)OCc2ccccc2)ccc(F)c1F. The fourth-order valence-electron chi connectivity index (χ4n) is 1.67. The first-order valence-corrected chi connectivity index (χ1v) is 5.75. The van der Waals surface area contributed by atoms with Crippen molar-refractivity contribution in [3.63, 3.8) is 0 Å². The third-order valence-electron chi connectivity index (χ3n) is 2.77. The lowest BCUT2D eigenvalue weighted by Crippen LogP contribution is -2.09. The van der Waals surface area contributed by atoms with Crippen LogP contribution in [-0.4, -0.2) is 5.97 Å². The Hall–Kier alpha value is -2.23. The predicted octanol–water partition coefficient (Wildman–Crippen LogP) is 3.63. The van der Waals surface area contributed by atoms with Gasteiger partial charge in [-0.1, -0.05) is 30.3 Å². The van der Waals surface area contributed by atoms with Crippen molar-refractivity contribution in [2.45, 2.75) is 13.5 Å². The molecule has 0 aliphatic carbocycles. The molecule has 0 saturated carbocycles. The highest BCUT2D eigenvalue weighted by molar-refractivity contribution is 5.91. The summed E-state index contributed by atoms with van der Waals surface area (Å²) in [4.78, 5) is 11.8. The first kappa shape index (κ1) is 13.2. The molecule has 4 heteroatoms. The van der Waals surface area contributed by atoms with Crippen molar-refractivity contribution >= 4 is 5.97 Å². The van der Waals surface area contributed by atoms with Crippen LogP contribution in [0.25, 0.3) is 0 Å². The Labute approximate surface area is 109 Å². The van der Waals surface area contributed by atoms with E-state index in [1.165, 1.54) is 13.0 Å². The Morgan fingerprint density at radius 3 is 2.47 bits per heavy atom. The molecule has 0 heterocycles. The van der Waals surface area contributed by atoms with Gasteiger partial charge >= 0.3 is 5.97 Å². The summed E-state index contributed by atoms with van der Waals surface area (Å²) in [6.45, 7) is 1.44. The van der Waals surface area contributed by atoms with Crippen LogP contribution in [0, 0.1) is 18.6 Å². The molecule has 2 aromatic rings. The summed E-state index contributed by atoms with van der Waals surface area (Å²) in [7, 11) is 0. The summed E-state index contributed by atoms with van der Waals surface area (Å²) < 4.78 is 31.3. The minimum atomic E-state index is -1.02. The van der Waals surface area contributed by atoms with E-state index in [0.717, 1.165) is 11.6 Å². The molecule has 2 rings (SSSR count). The molecule has 0 N–H and O–H groups in total. The van der Waals surface area contributed by atoms with Gasteiger partial charge in [-0.15, -0.1) is 0 Å². The smallest absolute Gasteiger partial charge is 0.338 e. The molecule has 2 aromatic carbocycles. The topological polar surface area (TPSA) is 26.3 Å². The van der Waals surface area contributed by atoms with E-state index < -0.39 is 17.6 Å². The molecule has 2 nitrogen and oxygen atoms in total. The number of halogens is 2. The van der Waals surface area contributed by atoms with Gasteiger partial charge in [0.2, 0.25) is 0 Å². The molecular formula is C15H12F2O2. The standard InChI is InChI=1S/C15H12F2O2/c1-10-12(7-8-13(16)14(10)17)15(18)19-9-11-5-3-2-4-6-11/h2-8H,9H2,1H3. The molecule has 0 aliphatic rings. The highest BCUT2D eigenvalue weighted by atomic mass is 19.2. The van der Waals surface area contributed by atoms with Crippen molar-refractivity contribution < 1.29 is 18.3 Å². The van der Waals surface area contributed by atoms with Gasteiger partial charge < -0.3 is 4.74 Å². The van der Waals surface area contributed by atoms with E-state index in [0.29, 0.717) is 0 Å². The lowest BCUT2D eigenvalue weighted by atomic mass is 10.1. The van der Waals surface area contributed by atoms with Crippen molar-refractivity contribution in [1.29, 1.82) is 0 Å². The Balaban J connectivity index is 2.11. The van der Waals surface area contributed by atoms with Gasteiger partial charge in [-0.05, 0) is 24.6 Å². The third-order valence-corrected chi connectivity index (χ3v) is 2.77. The van der Waals surface area contributed by atoms with Gasteiger partial charge in [0.05, 0.1) is 5.56 Å². The highest BCUT2D eigenvalue weighted by Gasteiger charge is 2.16. The molecule has 0 aromatic heterocycles. The number of hydrogen-bond donors (Lipinski definition) is 0. The minimum Gasteiger partial charge on any atom is -0.457 e. The molecule has 0 spiro atoms. The second-order valence-corrected chi connectivity index (χ2v) is 4.10. The summed E-state index contributed by atoms with van der Waals surface area (Å²) in [5, 5.41) is 0. The van der Waals surface area contributed by atoms with Crippen LogP contribution in [-0.2, 0) is 11.3 Å².